The van der Waals surface area contributed by atoms with Gasteiger partial charge in [0.15, 0.2) is 0 Å². The summed E-state index contributed by atoms with van der Waals surface area (Å²) < 4.78 is 15.4. The molecule has 0 atom stereocenters. The normalized spacial score (nSPS) is 11.8. The molecular weight excluding hydrogens is 253 g/mol. The van der Waals surface area contributed by atoms with Gasteiger partial charge in [0.25, 0.3) is 0 Å². The highest BCUT2D eigenvalue weighted by atomic mass is 19.1. The fraction of sp³-hybridized carbons (Fsp3) is 0.438. The van der Waals surface area contributed by atoms with Gasteiger partial charge in [-0.25, -0.2) is 9.37 Å². The number of imidazole rings is 1. The molecule has 2 N–H and O–H groups in total. The summed E-state index contributed by atoms with van der Waals surface area (Å²) >= 11 is 0. The van der Waals surface area contributed by atoms with Crippen LogP contribution in [0.2, 0.25) is 0 Å². The molecule has 0 saturated heterocycles. The van der Waals surface area contributed by atoms with Crippen LogP contribution < -0.4 is 5.73 Å². The van der Waals surface area contributed by atoms with Crippen molar-refractivity contribution in [2.75, 3.05) is 5.73 Å². The van der Waals surface area contributed by atoms with Gasteiger partial charge in [0.2, 0.25) is 0 Å². The fourth-order valence-corrected chi connectivity index (χ4v) is 2.34. The molecule has 0 radical (unpaired) electrons. The predicted octanol–water partition coefficient (Wildman–Crippen LogP) is 3.98. The van der Waals surface area contributed by atoms with E-state index in [1.54, 1.807) is 6.07 Å². The van der Waals surface area contributed by atoms with Crippen LogP contribution in [0.4, 0.5) is 10.2 Å². The summed E-state index contributed by atoms with van der Waals surface area (Å²) in [5, 5.41) is 0. The molecule has 1 aromatic heterocycles. The van der Waals surface area contributed by atoms with E-state index in [9.17, 15) is 4.39 Å². The topological polar surface area (TPSA) is 43.8 Å². The molecule has 1 heterocycles. The third kappa shape index (κ3) is 2.69. The number of halogens is 1. The predicted molar refractivity (Wildman–Crippen MR) is 81.0 cm³/mol. The highest BCUT2D eigenvalue weighted by Gasteiger charge is 2.25. The number of nitrogens with two attached hydrogens (primary N) is 1. The molecule has 0 spiro atoms. The Balaban J connectivity index is 2.61. The summed E-state index contributed by atoms with van der Waals surface area (Å²) in [6.07, 6.45) is 0.978. The Hall–Kier alpha value is -1.84. The minimum atomic E-state index is -0.274. The first-order valence-electron chi connectivity index (χ1n) is 6.97. The Morgan fingerprint density at radius 3 is 2.55 bits per heavy atom. The maximum atomic E-state index is 13.4. The molecule has 0 amide bonds. The summed E-state index contributed by atoms with van der Waals surface area (Å²) in [7, 11) is 0. The van der Waals surface area contributed by atoms with E-state index in [4.69, 9.17) is 5.73 Å². The Morgan fingerprint density at radius 1 is 1.30 bits per heavy atom. The Kier molecular flexibility index (Phi) is 3.84. The highest BCUT2D eigenvalue weighted by Crippen LogP contribution is 2.32. The van der Waals surface area contributed by atoms with E-state index in [0.29, 0.717) is 11.5 Å². The first-order valence-corrected chi connectivity index (χ1v) is 6.97. The zero-order valence-corrected chi connectivity index (χ0v) is 12.6. The molecule has 0 aliphatic carbocycles. The summed E-state index contributed by atoms with van der Waals surface area (Å²) in [4.78, 5) is 4.68. The van der Waals surface area contributed by atoms with Crippen molar-refractivity contribution in [3.05, 3.63) is 35.9 Å². The molecule has 0 aliphatic rings. The fourth-order valence-electron chi connectivity index (χ4n) is 2.34. The molecule has 4 heteroatoms. The van der Waals surface area contributed by atoms with Gasteiger partial charge < -0.3 is 10.3 Å². The van der Waals surface area contributed by atoms with Crippen molar-refractivity contribution in [1.29, 1.82) is 0 Å². The molecule has 0 saturated carbocycles. The second kappa shape index (κ2) is 5.27. The molecule has 0 fully saturated rings. The summed E-state index contributed by atoms with van der Waals surface area (Å²) in [5.74, 6) is 1.28. The number of anilines is 1. The number of benzene rings is 1. The lowest BCUT2D eigenvalue weighted by molar-refractivity contribution is 0.498. The van der Waals surface area contributed by atoms with Gasteiger partial charge in [-0.15, -0.1) is 0 Å². The van der Waals surface area contributed by atoms with Crippen molar-refractivity contribution in [1.82, 2.24) is 9.55 Å². The third-order valence-electron chi connectivity index (χ3n) is 3.22. The number of nitrogen functional groups attached to an aromatic ring is 1. The molecular formula is C16H22FN3. The lowest BCUT2D eigenvalue weighted by Gasteiger charge is -2.19. The van der Waals surface area contributed by atoms with Gasteiger partial charge in [0.1, 0.15) is 23.2 Å². The summed E-state index contributed by atoms with van der Waals surface area (Å²) in [5.41, 5.74) is 7.54. The van der Waals surface area contributed by atoms with Crippen molar-refractivity contribution in [2.24, 2.45) is 0 Å². The molecule has 2 aromatic rings. The van der Waals surface area contributed by atoms with Crippen molar-refractivity contribution in [3.8, 4) is 11.3 Å². The maximum Gasteiger partial charge on any atom is 0.131 e. The Bertz CT molecular complexity index is 609. The monoisotopic (exact) mass is 275 g/mol. The van der Waals surface area contributed by atoms with Crippen LogP contribution in [0.1, 0.15) is 39.9 Å². The van der Waals surface area contributed by atoms with Crippen LogP contribution in [0.15, 0.2) is 24.3 Å². The molecule has 20 heavy (non-hydrogen) atoms. The van der Waals surface area contributed by atoms with Crippen LogP contribution in [-0.4, -0.2) is 9.55 Å². The number of rotatable bonds is 3. The Morgan fingerprint density at radius 2 is 2.00 bits per heavy atom. The molecule has 0 unspecified atom stereocenters. The van der Waals surface area contributed by atoms with Gasteiger partial charge >= 0.3 is 0 Å². The standard InChI is InChI=1S/C16H22FN3/c1-5-9-20-14(18)13(19-15(20)16(2,3)4)11-7-6-8-12(17)10-11/h6-8,10H,5,9,18H2,1-4H3. The zero-order valence-electron chi connectivity index (χ0n) is 12.6. The van der Waals surface area contributed by atoms with E-state index in [0.717, 1.165) is 24.4 Å². The molecule has 0 aliphatic heterocycles. The number of aromatic nitrogens is 2. The maximum absolute atomic E-state index is 13.4. The van der Waals surface area contributed by atoms with Crippen LogP contribution in [0.3, 0.4) is 0 Å². The SMILES string of the molecule is CCCn1c(C(C)(C)C)nc(-c2cccc(F)c2)c1N. The van der Waals surface area contributed by atoms with Gasteiger partial charge in [-0.3, -0.25) is 0 Å². The number of nitrogens with zero attached hydrogens (tertiary/aromatic N) is 2. The van der Waals surface area contributed by atoms with Crippen LogP contribution in [0.5, 0.6) is 0 Å². The molecule has 1 aromatic carbocycles. The van der Waals surface area contributed by atoms with E-state index in [1.165, 1.54) is 12.1 Å². The first-order chi connectivity index (χ1) is 9.34. The summed E-state index contributed by atoms with van der Waals surface area (Å²) in [6, 6.07) is 6.42. The second-order valence-electron chi connectivity index (χ2n) is 6.08. The molecule has 3 nitrogen and oxygen atoms in total. The zero-order chi connectivity index (χ0) is 14.9. The van der Waals surface area contributed by atoms with Gasteiger partial charge in [0, 0.05) is 17.5 Å². The van der Waals surface area contributed by atoms with Crippen LogP contribution in [0, 0.1) is 5.82 Å². The second-order valence-corrected chi connectivity index (χ2v) is 6.08. The highest BCUT2D eigenvalue weighted by molar-refractivity contribution is 5.71. The molecule has 2 rings (SSSR count). The average molecular weight is 275 g/mol. The quantitative estimate of drug-likeness (QED) is 0.920. The lowest BCUT2D eigenvalue weighted by Crippen LogP contribution is -2.19. The average Bonchev–Trinajstić information content (AvgIpc) is 2.68. The molecule has 108 valence electrons. The Labute approximate surface area is 119 Å². The third-order valence-corrected chi connectivity index (χ3v) is 3.22. The minimum absolute atomic E-state index is 0.102. The van der Waals surface area contributed by atoms with Crippen LogP contribution in [0.25, 0.3) is 11.3 Å². The van der Waals surface area contributed by atoms with E-state index in [2.05, 4.69) is 32.7 Å². The van der Waals surface area contributed by atoms with E-state index in [-0.39, 0.29) is 11.2 Å². The van der Waals surface area contributed by atoms with Gasteiger partial charge in [-0.1, -0.05) is 39.8 Å². The smallest absolute Gasteiger partial charge is 0.131 e. The van der Waals surface area contributed by atoms with Crippen molar-refractivity contribution < 1.29 is 4.39 Å². The number of hydrogen-bond donors (Lipinski definition) is 1. The van der Waals surface area contributed by atoms with Crippen LogP contribution in [-0.2, 0) is 12.0 Å². The van der Waals surface area contributed by atoms with Crippen molar-refractivity contribution in [2.45, 2.75) is 46.1 Å². The van der Waals surface area contributed by atoms with Gasteiger partial charge in [-0.05, 0) is 18.6 Å². The van der Waals surface area contributed by atoms with E-state index < -0.39 is 0 Å². The van der Waals surface area contributed by atoms with Gasteiger partial charge in [0.05, 0.1) is 0 Å². The van der Waals surface area contributed by atoms with Crippen molar-refractivity contribution in [3.63, 3.8) is 0 Å². The number of hydrogen-bond acceptors (Lipinski definition) is 2. The largest absolute Gasteiger partial charge is 0.383 e. The lowest BCUT2D eigenvalue weighted by atomic mass is 9.95. The molecule has 0 bridgehead atoms. The first kappa shape index (κ1) is 14.6. The van der Waals surface area contributed by atoms with E-state index >= 15 is 0 Å². The summed E-state index contributed by atoms with van der Waals surface area (Å²) in [6.45, 7) is 9.25. The van der Waals surface area contributed by atoms with Gasteiger partial charge in [-0.2, -0.15) is 0 Å². The van der Waals surface area contributed by atoms with E-state index in [1.807, 2.05) is 10.6 Å². The van der Waals surface area contributed by atoms with Crippen LogP contribution >= 0.6 is 0 Å². The van der Waals surface area contributed by atoms with Crippen molar-refractivity contribution >= 4 is 5.82 Å². The minimum Gasteiger partial charge on any atom is -0.383 e.